The lowest BCUT2D eigenvalue weighted by Gasteiger charge is -2.11. The van der Waals surface area contributed by atoms with Gasteiger partial charge in [-0.05, 0) is 54.2 Å². The van der Waals surface area contributed by atoms with Crippen LogP contribution in [0.4, 0.5) is 10.5 Å². The van der Waals surface area contributed by atoms with Crippen LogP contribution in [0.25, 0.3) is 22.5 Å². The average Bonchev–Trinajstić information content (AvgIpc) is 3.63. The molecule has 0 atom stereocenters. The normalized spacial score (nSPS) is 13.7. The zero-order valence-electron chi connectivity index (χ0n) is 19.5. The molecule has 8 heteroatoms. The first-order chi connectivity index (χ1) is 17.4. The lowest BCUT2D eigenvalue weighted by Crippen LogP contribution is -2.19. The molecule has 36 heavy (non-hydrogen) atoms. The topological polar surface area (TPSA) is 102 Å². The number of anilines is 1. The third kappa shape index (κ3) is 4.77. The fourth-order valence-electron chi connectivity index (χ4n) is 4.17. The fraction of sp³-hybridized carbons (Fsp3) is 0.179. The van der Waals surface area contributed by atoms with Crippen molar-refractivity contribution in [1.82, 2.24) is 5.16 Å². The Hall–Kier alpha value is -3.91. The van der Waals surface area contributed by atoms with E-state index in [0.29, 0.717) is 30.0 Å². The van der Waals surface area contributed by atoms with Crippen LogP contribution in [0.1, 0.15) is 29.7 Å². The molecule has 1 aromatic heterocycles. The maximum absolute atomic E-state index is 12.4. The number of rotatable bonds is 7. The molecule has 4 aromatic rings. The third-order valence-corrected chi connectivity index (χ3v) is 6.92. The second-order valence-electron chi connectivity index (χ2n) is 8.85. The van der Waals surface area contributed by atoms with E-state index in [1.54, 1.807) is 6.92 Å². The predicted molar refractivity (Wildman–Crippen MR) is 139 cm³/mol. The van der Waals surface area contributed by atoms with Gasteiger partial charge < -0.3 is 14.4 Å². The van der Waals surface area contributed by atoms with Crippen molar-refractivity contribution in [3.8, 4) is 22.5 Å². The highest BCUT2D eigenvalue weighted by Crippen LogP contribution is 2.48. The van der Waals surface area contributed by atoms with Crippen molar-refractivity contribution >= 4 is 33.7 Å². The molecule has 0 spiro atoms. The number of carboxylic acid groups (broad SMARTS) is 1. The number of benzene rings is 3. The van der Waals surface area contributed by atoms with Crippen LogP contribution in [0.2, 0.25) is 0 Å². The molecule has 1 heterocycles. The summed E-state index contributed by atoms with van der Waals surface area (Å²) in [7, 11) is 0. The second kappa shape index (κ2) is 9.62. The SMILES string of the molecule is Cc1noc(-c2ccc(-c3ccc(C4(C(=O)O)CC4)cc3)cc2)c1NC(=O)OCc1cccc(Br)c1. The van der Waals surface area contributed by atoms with Crippen LogP contribution in [0.3, 0.4) is 0 Å². The molecule has 0 aliphatic heterocycles. The number of ether oxygens (including phenoxy) is 1. The third-order valence-electron chi connectivity index (χ3n) is 6.43. The lowest BCUT2D eigenvalue weighted by molar-refractivity contribution is -0.140. The summed E-state index contributed by atoms with van der Waals surface area (Å²) in [6.45, 7) is 1.88. The number of nitrogens with one attached hydrogen (secondary N) is 1. The largest absolute Gasteiger partial charge is 0.481 e. The minimum atomic E-state index is -0.761. The predicted octanol–water partition coefficient (Wildman–Crippen LogP) is 6.94. The first-order valence-electron chi connectivity index (χ1n) is 11.4. The molecule has 182 valence electrons. The highest BCUT2D eigenvalue weighted by Gasteiger charge is 2.51. The molecule has 2 N–H and O–H groups in total. The monoisotopic (exact) mass is 546 g/mol. The van der Waals surface area contributed by atoms with Gasteiger partial charge in [0.1, 0.15) is 18.0 Å². The van der Waals surface area contributed by atoms with E-state index in [0.717, 1.165) is 32.3 Å². The number of carbonyl (C=O) groups excluding carboxylic acids is 1. The van der Waals surface area contributed by atoms with Gasteiger partial charge in [-0.15, -0.1) is 0 Å². The van der Waals surface area contributed by atoms with E-state index >= 15 is 0 Å². The quantitative estimate of drug-likeness (QED) is 0.260. The molecule has 7 nitrogen and oxygen atoms in total. The van der Waals surface area contributed by atoms with Crippen molar-refractivity contribution in [2.75, 3.05) is 5.32 Å². The summed E-state index contributed by atoms with van der Waals surface area (Å²) in [5.41, 5.74) is 4.69. The molecule has 0 unspecified atom stereocenters. The Kier molecular flexibility index (Phi) is 6.36. The molecule has 0 radical (unpaired) electrons. The number of aryl methyl sites for hydroxylation is 1. The van der Waals surface area contributed by atoms with Crippen LogP contribution in [0, 0.1) is 6.92 Å². The average molecular weight is 547 g/mol. The first kappa shape index (κ1) is 23.8. The zero-order valence-corrected chi connectivity index (χ0v) is 21.0. The van der Waals surface area contributed by atoms with Gasteiger partial charge in [-0.3, -0.25) is 10.1 Å². The maximum Gasteiger partial charge on any atom is 0.412 e. The number of hydrogen-bond acceptors (Lipinski definition) is 5. The van der Waals surface area contributed by atoms with Crippen molar-refractivity contribution in [3.63, 3.8) is 0 Å². The van der Waals surface area contributed by atoms with Crippen molar-refractivity contribution in [2.24, 2.45) is 0 Å². The van der Waals surface area contributed by atoms with Crippen LogP contribution >= 0.6 is 15.9 Å². The summed E-state index contributed by atoms with van der Waals surface area (Å²) < 4.78 is 11.8. The van der Waals surface area contributed by atoms with E-state index in [1.807, 2.05) is 72.8 Å². The van der Waals surface area contributed by atoms with Gasteiger partial charge in [0.2, 0.25) is 0 Å². The standard InChI is InChI=1S/C28H23BrN2O5/c1-17-24(30-27(34)35-16-18-3-2-4-23(29)15-18)25(36-31-17)21-7-5-19(6-8-21)20-9-11-22(12-10-20)28(13-14-28)26(32)33/h2-12,15H,13-14,16H2,1H3,(H,30,34)(H,32,33). The molecule has 1 fully saturated rings. The van der Waals surface area contributed by atoms with Gasteiger partial charge in [0, 0.05) is 10.0 Å². The van der Waals surface area contributed by atoms with Crippen molar-refractivity contribution < 1.29 is 24.0 Å². The van der Waals surface area contributed by atoms with Crippen molar-refractivity contribution in [2.45, 2.75) is 31.8 Å². The number of aliphatic carboxylic acids is 1. The molecule has 3 aromatic carbocycles. The molecule has 1 amide bonds. The van der Waals surface area contributed by atoms with Crippen molar-refractivity contribution in [3.05, 3.63) is 94.1 Å². The van der Waals surface area contributed by atoms with E-state index in [4.69, 9.17) is 9.26 Å². The summed E-state index contributed by atoms with van der Waals surface area (Å²) in [5.74, 6) is -0.325. The summed E-state index contributed by atoms with van der Waals surface area (Å²) in [6, 6.07) is 22.9. The van der Waals surface area contributed by atoms with Crippen molar-refractivity contribution in [1.29, 1.82) is 0 Å². The Bertz CT molecular complexity index is 1420. The van der Waals surface area contributed by atoms with E-state index in [1.165, 1.54) is 0 Å². The fourth-order valence-corrected chi connectivity index (χ4v) is 4.62. The van der Waals surface area contributed by atoms with Gasteiger partial charge in [-0.2, -0.15) is 0 Å². The van der Waals surface area contributed by atoms with Crippen LogP contribution in [0.5, 0.6) is 0 Å². The van der Waals surface area contributed by atoms with Crippen LogP contribution in [-0.4, -0.2) is 22.3 Å². The molecule has 0 saturated heterocycles. The Balaban J connectivity index is 1.28. The summed E-state index contributed by atoms with van der Waals surface area (Å²) in [5, 5.41) is 16.3. The number of aromatic nitrogens is 1. The van der Waals surface area contributed by atoms with Crippen LogP contribution in [-0.2, 0) is 21.6 Å². The number of carbonyl (C=O) groups is 2. The minimum absolute atomic E-state index is 0.131. The van der Waals surface area contributed by atoms with Gasteiger partial charge in [0.25, 0.3) is 0 Å². The summed E-state index contributed by atoms with van der Waals surface area (Å²) >= 11 is 3.40. The highest BCUT2D eigenvalue weighted by atomic mass is 79.9. The Labute approximate surface area is 216 Å². The van der Waals surface area contributed by atoms with Gasteiger partial charge in [0.05, 0.1) is 5.41 Å². The van der Waals surface area contributed by atoms with E-state index in [2.05, 4.69) is 26.4 Å². The summed E-state index contributed by atoms with van der Waals surface area (Å²) in [4.78, 5) is 24.0. The van der Waals surface area contributed by atoms with Crippen LogP contribution < -0.4 is 5.32 Å². The second-order valence-corrected chi connectivity index (χ2v) is 9.76. The van der Waals surface area contributed by atoms with E-state index in [9.17, 15) is 14.7 Å². The Morgan fingerprint density at radius 2 is 1.67 bits per heavy atom. The molecule has 1 saturated carbocycles. The molecule has 0 bridgehead atoms. The summed E-state index contributed by atoms with van der Waals surface area (Å²) in [6.07, 6.45) is 0.760. The van der Waals surface area contributed by atoms with E-state index < -0.39 is 17.5 Å². The molecular weight excluding hydrogens is 524 g/mol. The molecule has 1 aliphatic rings. The number of halogens is 1. The number of carboxylic acids is 1. The van der Waals surface area contributed by atoms with Gasteiger partial charge in [-0.1, -0.05) is 81.8 Å². The minimum Gasteiger partial charge on any atom is -0.481 e. The number of nitrogens with zero attached hydrogens (tertiary/aromatic N) is 1. The lowest BCUT2D eigenvalue weighted by atomic mass is 9.93. The first-order valence-corrected chi connectivity index (χ1v) is 12.2. The van der Waals surface area contributed by atoms with Gasteiger partial charge in [-0.25, -0.2) is 4.79 Å². The Morgan fingerprint density at radius 3 is 2.28 bits per heavy atom. The highest BCUT2D eigenvalue weighted by molar-refractivity contribution is 9.10. The molecular formula is C28H23BrN2O5. The van der Waals surface area contributed by atoms with Crippen LogP contribution in [0.15, 0.2) is 81.8 Å². The number of amides is 1. The maximum atomic E-state index is 12.4. The number of hydrogen-bond donors (Lipinski definition) is 2. The smallest absolute Gasteiger partial charge is 0.412 e. The zero-order chi connectivity index (χ0) is 25.3. The van der Waals surface area contributed by atoms with E-state index in [-0.39, 0.29) is 6.61 Å². The molecule has 5 rings (SSSR count). The van der Waals surface area contributed by atoms with Gasteiger partial charge in [0.15, 0.2) is 5.76 Å². The van der Waals surface area contributed by atoms with Gasteiger partial charge >= 0.3 is 12.1 Å². The molecule has 1 aliphatic carbocycles. The Morgan fingerprint density at radius 1 is 1.03 bits per heavy atom.